The summed E-state index contributed by atoms with van der Waals surface area (Å²) >= 11 is 0. The zero-order chi connectivity index (χ0) is 13.9. The van der Waals surface area contributed by atoms with Crippen molar-refractivity contribution in [2.24, 2.45) is 0 Å². The lowest BCUT2D eigenvalue weighted by molar-refractivity contribution is 0.267. The smallest absolute Gasteiger partial charge is 0.136 e. The zero-order valence-corrected chi connectivity index (χ0v) is 11.3. The van der Waals surface area contributed by atoms with E-state index in [0.29, 0.717) is 12.4 Å². The zero-order valence-electron chi connectivity index (χ0n) is 11.3. The van der Waals surface area contributed by atoms with Gasteiger partial charge in [0.15, 0.2) is 0 Å². The number of nitrogens with zero attached hydrogens (tertiary/aromatic N) is 2. The molecular formula is C16H16N2O2. The van der Waals surface area contributed by atoms with Crippen molar-refractivity contribution < 1.29 is 9.84 Å². The standard InChI is InChI=1S/C16H16N2O2/c1-20-13-7-8-14-15(9-13)18(16(11-19)17-14)10-12-5-3-2-4-6-12/h2-9,19H,10-11H2,1H3. The summed E-state index contributed by atoms with van der Waals surface area (Å²) in [5.74, 6) is 1.45. The number of imidazole rings is 1. The Morgan fingerprint density at radius 3 is 2.65 bits per heavy atom. The first kappa shape index (κ1) is 12.7. The van der Waals surface area contributed by atoms with Crippen LogP contribution in [-0.2, 0) is 13.2 Å². The number of ether oxygens (including phenoxy) is 1. The average molecular weight is 268 g/mol. The van der Waals surface area contributed by atoms with Crippen LogP contribution in [0, 0.1) is 0 Å². The molecule has 4 heteroatoms. The fourth-order valence-electron chi connectivity index (χ4n) is 2.34. The third kappa shape index (κ3) is 2.26. The summed E-state index contributed by atoms with van der Waals surface area (Å²) in [7, 11) is 1.64. The van der Waals surface area contributed by atoms with Crippen molar-refractivity contribution in [1.82, 2.24) is 9.55 Å². The van der Waals surface area contributed by atoms with E-state index in [-0.39, 0.29) is 6.61 Å². The van der Waals surface area contributed by atoms with E-state index in [4.69, 9.17) is 4.74 Å². The fraction of sp³-hybridized carbons (Fsp3) is 0.188. The van der Waals surface area contributed by atoms with Gasteiger partial charge in [-0.2, -0.15) is 0 Å². The number of hydrogen-bond donors (Lipinski definition) is 1. The van der Waals surface area contributed by atoms with Gasteiger partial charge in [-0.05, 0) is 17.7 Å². The number of aromatic nitrogens is 2. The summed E-state index contributed by atoms with van der Waals surface area (Å²) < 4.78 is 7.29. The molecule has 2 aromatic carbocycles. The molecular weight excluding hydrogens is 252 g/mol. The second-order valence-corrected chi connectivity index (χ2v) is 4.61. The molecule has 0 aliphatic carbocycles. The first-order valence-electron chi connectivity index (χ1n) is 6.50. The molecule has 1 aromatic heterocycles. The maximum atomic E-state index is 9.51. The van der Waals surface area contributed by atoms with Gasteiger partial charge in [0.2, 0.25) is 0 Å². The summed E-state index contributed by atoms with van der Waals surface area (Å²) in [4.78, 5) is 4.46. The largest absolute Gasteiger partial charge is 0.497 e. The first-order valence-corrected chi connectivity index (χ1v) is 6.50. The average Bonchev–Trinajstić information content (AvgIpc) is 2.85. The third-order valence-corrected chi connectivity index (χ3v) is 3.36. The van der Waals surface area contributed by atoms with Crippen LogP contribution < -0.4 is 4.74 Å². The lowest BCUT2D eigenvalue weighted by Gasteiger charge is -2.08. The molecule has 102 valence electrons. The molecule has 0 amide bonds. The number of rotatable bonds is 4. The first-order chi connectivity index (χ1) is 9.81. The second kappa shape index (κ2) is 5.35. The van der Waals surface area contributed by atoms with Gasteiger partial charge in [-0.15, -0.1) is 0 Å². The number of hydrogen-bond acceptors (Lipinski definition) is 3. The minimum atomic E-state index is -0.0795. The van der Waals surface area contributed by atoms with Crippen LogP contribution in [0.15, 0.2) is 48.5 Å². The highest BCUT2D eigenvalue weighted by atomic mass is 16.5. The molecule has 20 heavy (non-hydrogen) atoms. The predicted molar refractivity (Wildman–Crippen MR) is 77.8 cm³/mol. The van der Waals surface area contributed by atoms with Crippen molar-refractivity contribution in [2.45, 2.75) is 13.2 Å². The molecule has 0 fully saturated rings. The lowest BCUT2D eigenvalue weighted by Crippen LogP contribution is -2.05. The van der Waals surface area contributed by atoms with Crippen LogP contribution in [0.5, 0.6) is 5.75 Å². The molecule has 0 atom stereocenters. The molecule has 3 aromatic rings. The molecule has 1 N–H and O–H groups in total. The summed E-state index contributed by atoms with van der Waals surface area (Å²) in [6, 6.07) is 15.9. The summed E-state index contributed by atoms with van der Waals surface area (Å²) in [5.41, 5.74) is 3.01. The van der Waals surface area contributed by atoms with E-state index >= 15 is 0 Å². The minimum absolute atomic E-state index is 0.0795. The van der Waals surface area contributed by atoms with Crippen LogP contribution in [0.1, 0.15) is 11.4 Å². The maximum absolute atomic E-state index is 9.51. The Hall–Kier alpha value is -2.33. The molecule has 0 bridgehead atoms. The van der Waals surface area contributed by atoms with Crippen molar-refractivity contribution in [3.63, 3.8) is 0 Å². The van der Waals surface area contributed by atoms with Crippen molar-refractivity contribution in [1.29, 1.82) is 0 Å². The number of fused-ring (bicyclic) bond motifs is 1. The highest BCUT2D eigenvalue weighted by Gasteiger charge is 2.11. The fourth-order valence-corrected chi connectivity index (χ4v) is 2.34. The van der Waals surface area contributed by atoms with Gasteiger partial charge >= 0.3 is 0 Å². The Balaban J connectivity index is 2.11. The Kier molecular flexibility index (Phi) is 3.39. The molecule has 0 spiro atoms. The Morgan fingerprint density at radius 1 is 1.15 bits per heavy atom. The normalized spacial score (nSPS) is 10.9. The number of methoxy groups -OCH3 is 1. The molecule has 3 rings (SSSR count). The maximum Gasteiger partial charge on any atom is 0.136 e. The SMILES string of the molecule is COc1ccc2nc(CO)n(Cc3ccccc3)c2c1. The van der Waals surface area contributed by atoms with Crippen LogP contribution in [0.3, 0.4) is 0 Å². The van der Waals surface area contributed by atoms with E-state index < -0.39 is 0 Å². The van der Waals surface area contributed by atoms with E-state index in [2.05, 4.69) is 17.1 Å². The van der Waals surface area contributed by atoms with Gasteiger partial charge in [-0.1, -0.05) is 30.3 Å². The van der Waals surface area contributed by atoms with Gasteiger partial charge in [-0.3, -0.25) is 0 Å². The summed E-state index contributed by atoms with van der Waals surface area (Å²) in [6.07, 6.45) is 0. The Morgan fingerprint density at radius 2 is 1.95 bits per heavy atom. The molecule has 0 saturated heterocycles. The van der Waals surface area contributed by atoms with Gasteiger partial charge in [0, 0.05) is 12.6 Å². The molecule has 0 saturated carbocycles. The monoisotopic (exact) mass is 268 g/mol. The van der Waals surface area contributed by atoms with Crippen LogP contribution >= 0.6 is 0 Å². The highest BCUT2D eigenvalue weighted by Crippen LogP contribution is 2.23. The van der Waals surface area contributed by atoms with Gasteiger partial charge in [0.1, 0.15) is 18.2 Å². The third-order valence-electron chi connectivity index (χ3n) is 3.36. The van der Waals surface area contributed by atoms with Gasteiger partial charge < -0.3 is 14.4 Å². The quantitative estimate of drug-likeness (QED) is 0.791. The van der Waals surface area contributed by atoms with Crippen molar-refractivity contribution in [3.05, 3.63) is 59.9 Å². The van der Waals surface area contributed by atoms with Crippen LogP contribution in [-0.4, -0.2) is 21.8 Å². The highest BCUT2D eigenvalue weighted by molar-refractivity contribution is 5.78. The van der Waals surface area contributed by atoms with Crippen LogP contribution in [0.25, 0.3) is 11.0 Å². The van der Waals surface area contributed by atoms with Crippen molar-refractivity contribution in [3.8, 4) is 5.75 Å². The second-order valence-electron chi connectivity index (χ2n) is 4.61. The van der Waals surface area contributed by atoms with Gasteiger partial charge in [0.05, 0.1) is 18.1 Å². The number of benzene rings is 2. The van der Waals surface area contributed by atoms with E-state index in [1.807, 2.05) is 41.0 Å². The molecule has 1 heterocycles. The van der Waals surface area contributed by atoms with Crippen molar-refractivity contribution in [2.75, 3.05) is 7.11 Å². The summed E-state index contributed by atoms with van der Waals surface area (Å²) in [6.45, 7) is 0.601. The topological polar surface area (TPSA) is 47.3 Å². The molecule has 0 aliphatic rings. The van der Waals surface area contributed by atoms with Crippen LogP contribution in [0.4, 0.5) is 0 Å². The van der Waals surface area contributed by atoms with E-state index in [9.17, 15) is 5.11 Å². The molecule has 0 radical (unpaired) electrons. The minimum Gasteiger partial charge on any atom is -0.497 e. The summed E-state index contributed by atoms with van der Waals surface area (Å²) in [5, 5.41) is 9.51. The van der Waals surface area contributed by atoms with Gasteiger partial charge in [-0.25, -0.2) is 4.98 Å². The van der Waals surface area contributed by atoms with E-state index in [1.54, 1.807) is 7.11 Å². The van der Waals surface area contributed by atoms with E-state index in [0.717, 1.165) is 16.8 Å². The Labute approximate surface area is 117 Å². The lowest BCUT2D eigenvalue weighted by atomic mass is 10.2. The van der Waals surface area contributed by atoms with E-state index in [1.165, 1.54) is 5.56 Å². The Bertz CT molecular complexity index is 720. The molecule has 4 nitrogen and oxygen atoms in total. The molecule has 0 aliphatic heterocycles. The molecule has 0 unspecified atom stereocenters. The predicted octanol–water partition coefficient (Wildman–Crippen LogP) is 2.59. The number of aliphatic hydroxyl groups is 1. The van der Waals surface area contributed by atoms with Crippen molar-refractivity contribution >= 4 is 11.0 Å². The van der Waals surface area contributed by atoms with Gasteiger partial charge in [0.25, 0.3) is 0 Å². The van der Waals surface area contributed by atoms with Crippen LogP contribution in [0.2, 0.25) is 0 Å². The number of aliphatic hydroxyl groups excluding tert-OH is 1.